The van der Waals surface area contributed by atoms with Gasteiger partial charge in [-0.05, 0) is 56.7 Å². The summed E-state index contributed by atoms with van der Waals surface area (Å²) in [5, 5.41) is 5.79. The molecule has 2 N–H and O–H groups in total. The van der Waals surface area contributed by atoms with Crippen LogP contribution in [-0.2, 0) is 0 Å². The first-order valence-electron chi connectivity index (χ1n) is 7.67. The molecule has 0 atom stereocenters. The van der Waals surface area contributed by atoms with E-state index in [4.69, 9.17) is 4.74 Å². The number of hydrogen-bond donors (Lipinski definition) is 2. The molecule has 0 saturated carbocycles. The minimum Gasteiger partial charge on any atom is -0.495 e. The lowest BCUT2D eigenvalue weighted by atomic mass is 9.97. The number of hydrogen-bond acceptors (Lipinski definition) is 2. The molecule has 0 bridgehead atoms. The molecule has 0 spiro atoms. The van der Waals surface area contributed by atoms with Crippen molar-refractivity contribution in [1.82, 2.24) is 5.32 Å². The second-order valence-electron chi connectivity index (χ2n) is 5.54. The molecule has 0 fully saturated rings. The first-order valence-corrected chi connectivity index (χ1v) is 8.46. The van der Waals surface area contributed by atoms with Crippen LogP contribution in [0.1, 0.15) is 37.7 Å². The van der Waals surface area contributed by atoms with E-state index >= 15 is 0 Å². The zero-order chi connectivity index (χ0) is 15.9. The second kappa shape index (κ2) is 8.22. The Bertz CT molecular complexity index is 570. The third-order valence-corrected chi connectivity index (χ3v) is 4.30. The van der Waals surface area contributed by atoms with E-state index in [2.05, 4.69) is 32.6 Å². The van der Waals surface area contributed by atoms with Crippen molar-refractivity contribution in [2.24, 2.45) is 0 Å². The van der Waals surface area contributed by atoms with Crippen molar-refractivity contribution in [2.75, 3.05) is 19.0 Å². The van der Waals surface area contributed by atoms with Crippen molar-refractivity contribution in [2.45, 2.75) is 39.0 Å². The summed E-state index contributed by atoms with van der Waals surface area (Å²) in [5.74, 6) is 0.650. The van der Waals surface area contributed by atoms with Gasteiger partial charge in [0.25, 0.3) is 0 Å². The number of ether oxygens (including phenoxy) is 1. The molecule has 1 aliphatic carbocycles. The van der Waals surface area contributed by atoms with Gasteiger partial charge in [0.15, 0.2) is 0 Å². The molecule has 1 aliphatic rings. The van der Waals surface area contributed by atoms with Gasteiger partial charge in [-0.25, -0.2) is 4.79 Å². The Balaban J connectivity index is 1.88. The highest BCUT2D eigenvalue weighted by Gasteiger charge is 2.11. The van der Waals surface area contributed by atoms with Crippen LogP contribution >= 0.6 is 15.9 Å². The van der Waals surface area contributed by atoms with Gasteiger partial charge in [0, 0.05) is 11.0 Å². The van der Waals surface area contributed by atoms with Crippen molar-refractivity contribution in [3.63, 3.8) is 0 Å². The smallest absolute Gasteiger partial charge is 0.319 e. The number of allylic oxidation sites excluding steroid dienone is 1. The number of nitrogens with one attached hydrogen (secondary N) is 2. The van der Waals surface area contributed by atoms with E-state index in [-0.39, 0.29) is 6.03 Å². The topological polar surface area (TPSA) is 50.4 Å². The number of carbonyl (C=O) groups excluding carboxylic acids is 1. The van der Waals surface area contributed by atoms with Crippen LogP contribution < -0.4 is 15.4 Å². The van der Waals surface area contributed by atoms with Crippen molar-refractivity contribution in [3.8, 4) is 5.75 Å². The van der Waals surface area contributed by atoms with Gasteiger partial charge in [0.2, 0.25) is 0 Å². The van der Waals surface area contributed by atoms with E-state index < -0.39 is 0 Å². The minimum absolute atomic E-state index is 0.194. The number of urea groups is 1. The monoisotopic (exact) mass is 366 g/mol. The van der Waals surface area contributed by atoms with E-state index in [1.54, 1.807) is 7.11 Å². The van der Waals surface area contributed by atoms with Crippen molar-refractivity contribution < 1.29 is 9.53 Å². The maximum absolute atomic E-state index is 12.1. The molecule has 1 aromatic rings. The summed E-state index contributed by atoms with van der Waals surface area (Å²) in [7, 11) is 1.60. The number of aryl methyl sites for hydroxylation is 1. The molecule has 1 aromatic carbocycles. The molecular weight excluding hydrogens is 344 g/mol. The predicted molar refractivity (Wildman–Crippen MR) is 93.6 cm³/mol. The van der Waals surface area contributed by atoms with Gasteiger partial charge in [-0.3, -0.25) is 0 Å². The third kappa shape index (κ3) is 4.77. The Morgan fingerprint density at radius 1 is 1.36 bits per heavy atom. The number of rotatable bonds is 5. The molecule has 0 aliphatic heterocycles. The quantitative estimate of drug-likeness (QED) is 0.736. The lowest BCUT2D eigenvalue weighted by molar-refractivity contribution is 0.252. The number of carbonyl (C=O) groups is 1. The SMILES string of the molecule is COc1cc(Br)cc(C)c1NC(=O)NCCC1=CCCCC1. The van der Waals surface area contributed by atoms with E-state index in [1.165, 1.54) is 31.3 Å². The third-order valence-electron chi connectivity index (χ3n) is 3.84. The molecule has 0 saturated heterocycles. The normalized spacial score (nSPS) is 14.2. The summed E-state index contributed by atoms with van der Waals surface area (Å²) in [6, 6.07) is 3.60. The van der Waals surface area contributed by atoms with E-state index in [0.29, 0.717) is 18.0 Å². The van der Waals surface area contributed by atoms with Crippen LogP contribution in [0, 0.1) is 6.92 Å². The minimum atomic E-state index is -0.194. The summed E-state index contributed by atoms with van der Waals surface area (Å²) in [5.41, 5.74) is 3.13. The number of amides is 2. The Kier molecular flexibility index (Phi) is 6.31. The van der Waals surface area contributed by atoms with Gasteiger partial charge in [0.1, 0.15) is 5.75 Å². The average molecular weight is 367 g/mol. The Labute approximate surface area is 140 Å². The van der Waals surface area contributed by atoms with Gasteiger partial charge in [-0.1, -0.05) is 27.6 Å². The summed E-state index contributed by atoms with van der Waals surface area (Å²) in [4.78, 5) is 12.1. The molecule has 2 rings (SSSR count). The zero-order valence-electron chi connectivity index (χ0n) is 13.2. The molecule has 0 radical (unpaired) electrons. The highest BCUT2D eigenvalue weighted by molar-refractivity contribution is 9.10. The molecule has 4 nitrogen and oxygen atoms in total. The highest BCUT2D eigenvalue weighted by atomic mass is 79.9. The van der Waals surface area contributed by atoms with E-state index in [0.717, 1.165) is 16.5 Å². The molecule has 0 heterocycles. The van der Waals surface area contributed by atoms with Crippen LogP contribution in [0.2, 0.25) is 0 Å². The molecule has 120 valence electrons. The van der Waals surface area contributed by atoms with E-state index in [9.17, 15) is 4.79 Å². The molecule has 5 heteroatoms. The van der Waals surface area contributed by atoms with Gasteiger partial charge in [0.05, 0.1) is 12.8 Å². The van der Waals surface area contributed by atoms with Crippen LogP contribution in [0.3, 0.4) is 0 Å². The summed E-state index contributed by atoms with van der Waals surface area (Å²) < 4.78 is 6.25. The molecule has 22 heavy (non-hydrogen) atoms. The first-order chi connectivity index (χ1) is 10.6. The molecular formula is C17H23BrN2O2. The van der Waals surface area contributed by atoms with Gasteiger partial charge < -0.3 is 15.4 Å². The Morgan fingerprint density at radius 2 is 2.18 bits per heavy atom. The zero-order valence-corrected chi connectivity index (χ0v) is 14.8. The molecule has 2 amide bonds. The van der Waals surface area contributed by atoms with Crippen LogP contribution in [0.4, 0.5) is 10.5 Å². The van der Waals surface area contributed by atoms with Crippen LogP contribution in [0.15, 0.2) is 28.3 Å². The lowest BCUT2D eigenvalue weighted by Crippen LogP contribution is -2.30. The fraction of sp³-hybridized carbons (Fsp3) is 0.471. The number of anilines is 1. The predicted octanol–water partition coefficient (Wildman–Crippen LogP) is 4.78. The Morgan fingerprint density at radius 3 is 2.86 bits per heavy atom. The fourth-order valence-electron chi connectivity index (χ4n) is 2.66. The van der Waals surface area contributed by atoms with Crippen LogP contribution in [0.25, 0.3) is 0 Å². The van der Waals surface area contributed by atoms with Crippen molar-refractivity contribution in [3.05, 3.63) is 33.8 Å². The number of methoxy groups -OCH3 is 1. The summed E-state index contributed by atoms with van der Waals surface area (Å²) in [6.45, 7) is 2.60. The number of benzene rings is 1. The summed E-state index contributed by atoms with van der Waals surface area (Å²) in [6.07, 6.45) is 8.15. The van der Waals surface area contributed by atoms with Crippen LogP contribution in [0.5, 0.6) is 5.75 Å². The van der Waals surface area contributed by atoms with Gasteiger partial charge >= 0.3 is 6.03 Å². The highest BCUT2D eigenvalue weighted by Crippen LogP contribution is 2.32. The maximum atomic E-state index is 12.1. The Hall–Kier alpha value is -1.49. The number of halogens is 1. The molecule has 0 unspecified atom stereocenters. The molecule has 0 aromatic heterocycles. The van der Waals surface area contributed by atoms with Gasteiger partial charge in [-0.2, -0.15) is 0 Å². The average Bonchev–Trinajstić information content (AvgIpc) is 2.50. The van der Waals surface area contributed by atoms with Crippen molar-refractivity contribution >= 4 is 27.6 Å². The second-order valence-corrected chi connectivity index (χ2v) is 6.45. The van der Waals surface area contributed by atoms with Gasteiger partial charge in [-0.15, -0.1) is 0 Å². The fourth-order valence-corrected chi connectivity index (χ4v) is 3.21. The van der Waals surface area contributed by atoms with Crippen molar-refractivity contribution in [1.29, 1.82) is 0 Å². The standard InChI is InChI=1S/C17H23BrN2O2/c1-12-10-14(18)11-15(22-2)16(12)20-17(21)19-9-8-13-6-4-3-5-7-13/h6,10-11H,3-5,7-9H2,1-2H3,(H2,19,20,21). The van der Waals surface area contributed by atoms with Crippen LogP contribution in [-0.4, -0.2) is 19.7 Å². The largest absolute Gasteiger partial charge is 0.495 e. The summed E-state index contributed by atoms with van der Waals surface area (Å²) >= 11 is 3.43. The lowest BCUT2D eigenvalue weighted by Gasteiger charge is -2.15. The van der Waals surface area contributed by atoms with E-state index in [1.807, 2.05) is 19.1 Å². The first kappa shape index (κ1) is 16.9. The maximum Gasteiger partial charge on any atom is 0.319 e.